The average molecular weight is 223 g/mol. The predicted octanol–water partition coefficient (Wildman–Crippen LogP) is 0.819. The van der Waals surface area contributed by atoms with Gasteiger partial charge in [0.25, 0.3) is 5.91 Å². The van der Waals surface area contributed by atoms with Crippen LogP contribution in [0.5, 0.6) is 0 Å². The number of hydrogen-bond acceptors (Lipinski definition) is 4. The first kappa shape index (κ1) is 12.4. The van der Waals surface area contributed by atoms with Crippen molar-refractivity contribution >= 4 is 11.6 Å². The highest BCUT2D eigenvalue weighted by Gasteiger charge is 2.05. The molecule has 5 nitrogen and oxygen atoms in total. The van der Waals surface area contributed by atoms with Crippen LogP contribution in [0.3, 0.4) is 0 Å². The summed E-state index contributed by atoms with van der Waals surface area (Å²) in [7, 11) is 0. The number of carbonyl (C=O) groups excluding carboxylic acids is 1. The Bertz CT molecular complexity index is 336. The van der Waals surface area contributed by atoms with Crippen LogP contribution < -0.4 is 11.1 Å². The number of nitrogens with zero attached hydrogens (tertiary/aromatic N) is 1. The van der Waals surface area contributed by atoms with E-state index in [0.717, 1.165) is 0 Å². The van der Waals surface area contributed by atoms with Crippen molar-refractivity contribution in [1.82, 2.24) is 10.3 Å². The fourth-order valence-electron chi connectivity index (χ4n) is 1.09. The maximum atomic E-state index is 11.5. The molecule has 0 aliphatic carbocycles. The van der Waals surface area contributed by atoms with Gasteiger partial charge in [-0.1, -0.05) is 0 Å². The van der Waals surface area contributed by atoms with Crippen molar-refractivity contribution in [2.24, 2.45) is 0 Å². The maximum Gasteiger partial charge on any atom is 0.269 e. The quantitative estimate of drug-likeness (QED) is 0.724. The normalized spacial score (nSPS) is 10.4. The van der Waals surface area contributed by atoms with Crippen LogP contribution in [0.2, 0.25) is 0 Å². The van der Waals surface area contributed by atoms with Crippen LogP contribution in [0.25, 0.3) is 0 Å². The molecule has 0 bridgehead atoms. The van der Waals surface area contributed by atoms with Gasteiger partial charge in [0.05, 0.1) is 24.6 Å². The molecule has 0 saturated carbocycles. The number of nitrogens with two attached hydrogens (primary N) is 1. The zero-order valence-electron chi connectivity index (χ0n) is 9.56. The Morgan fingerprint density at radius 2 is 2.31 bits per heavy atom. The lowest BCUT2D eigenvalue weighted by Gasteiger charge is -2.08. The lowest BCUT2D eigenvalue weighted by Crippen LogP contribution is -2.28. The molecule has 0 saturated heterocycles. The SMILES string of the molecule is CC(C)OCCNC(=O)c1ccc(N)cn1. The fraction of sp³-hybridized carbons (Fsp3) is 0.455. The maximum absolute atomic E-state index is 11.5. The summed E-state index contributed by atoms with van der Waals surface area (Å²) in [4.78, 5) is 15.4. The van der Waals surface area contributed by atoms with Gasteiger partial charge in [0.1, 0.15) is 5.69 Å². The number of rotatable bonds is 5. The summed E-state index contributed by atoms with van der Waals surface area (Å²) in [6, 6.07) is 3.24. The van der Waals surface area contributed by atoms with Gasteiger partial charge < -0.3 is 15.8 Å². The molecule has 1 amide bonds. The van der Waals surface area contributed by atoms with Crippen LogP contribution in [0.4, 0.5) is 5.69 Å². The molecule has 0 atom stereocenters. The van der Waals surface area contributed by atoms with Gasteiger partial charge >= 0.3 is 0 Å². The zero-order valence-corrected chi connectivity index (χ0v) is 9.56. The average Bonchev–Trinajstić information content (AvgIpc) is 2.25. The predicted molar refractivity (Wildman–Crippen MR) is 62.1 cm³/mol. The van der Waals surface area contributed by atoms with E-state index in [2.05, 4.69) is 10.3 Å². The molecular formula is C11H17N3O2. The van der Waals surface area contributed by atoms with Crippen LogP contribution in [0.1, 0.15) is 24.3 Å². The van der Waals surface area contributed by atoms with Crippen LogP contribution in [-0.4, -0.2) is 30.1 Å². The standard InChI is InChI=1S/C11H17N3O2/c1-8(2)16-6-5-13-11(15)10-4-3-9(12)7-14-10/h3-4,7-8H,5-6,12H2,1-2H3,(H,13,15). The molecule has 0 spiro atoms. The number of nitrogens with one attached hydrogen (secondary N) is 1. The van der Waals surface area contributed by atoms with Gasteiger partial charge in [-0.2, -0.15) is 0 Å². The van der Waals surface area contributed by atoms with E-state index in [9.17, 15) is 4.79 Å². The molecule has 1 rings (SSSR count). The molecule has 0 unspecified atom stereocenters. The third-order valence-electron chi connectivity index (χ3n) is 1.86. The molecule has 0 fully saturated rings. The van der Waals surface area contributed by atoms with E-state index in [1.807, 2.05) is 13.8 Å². The summed E-state index contributed by atoms with van der Waals surface area (Å²) in [5, 5.41) is 2.71. The second-order valence-corrected chi connectivity index (χ2v) is 3.65. The van der Waals surface area contributed by atoms with Gasteiger partial charge in [0.2, 0.25) is 0 Å². The Morgan fingerprint density at radius 1 is 1.56 bits per heavy atom. The van der Waals surface area contributed by atoms with Gasteiger partial charge in [0, 0.05) is 6.54 Å². The highest BCUT2D eigenvalue weighted by Crippen LogP contribution is 2.00. The third-order valence-corrected chi connectivity index (χ3v) is 1.86. The number of hydrogen-bond donors (Lipinski definition) is 2. The van der Waals surface area contributed by atoms with Gasteiger partial charge in [-0.15, -0.1) is 0 Å². The van der Waals surface area contributed by atoms with E-state index in [0.29, 0.717) is 24.5 Å². The molecule has 3 N–H and O–H groups in total. The fourth-order valence-corrected chi connectivity index (χ4v) is 1.09. The summed E-state index contributed by atoms with van der Waals surface area (Å²) >= 11 is 0. The lowest BCUT2D eigenvalue weighted by atomic mass is 10.3. The Balaban J connectivity index is 2.32. The third kappa shape index (κ3) is 4.27. The Hall–Kier alpha value is -1.62. The van der Waals surface area contributed by atoms with Gasteiger partial charge in [-0.25, -0.2) is 4.98 Å². The Morgan fingerprint density at radius 3 is 2.88 bits per heavy atom. The molecule has 5 heteroatoms. The number of anilines is 1. The number of carbonyl (C=O) groups is 1. The van der Waals surface area contributed by atoms with Crippen LogP contribution in [-0.2, 0) is 4.74 Å². The molecule has 0 aliphatic rings. The number of ether oxygens (including phenoxy) is 1. The largest absolute Gasteiger partial charge is 0.397 e. The van der Waals surface area contributed by atoms with E-state index in [4.69, 9.17) is 10.5 Å². The van der Waals surface area contributed by atoms with Gasteiger partial charge in [-0.3, -0.25) is 4.79 Å². The number of aromatic nitrogens is 1. The van der Waals surface area contributed by atoms with Crippen LogP contribution >= 0.6 is 0 Å². The van der Waals surface area contributed by atoms with Crippen molar-refractivity contribution in [3.05, 3.63) is 24.0 Å². The molecule has 16 heavy (non-hydrogen) atoms. The topological polar surface area (TPSA) is 77.2 Å². The first-order valence-electron chi connectivity index (χ1n) is 5.21. The highest BCUT2D eigenvalue weighted by atomic mass is 16.5. The van der Waals surface area contributed by atoms with Crippen molar-refractivity contribution in [3.8, 4) is 0 Å². The lowest BCUT2D eigenvalue weighted by molar-refractivity contribution is 0.0745. The van der Waals surface area contributed by atoms with Crippen molar-refractivity contribution in [2.75, 3.05) is 18.9 Å². The van der Waals surface area contributed by atoms with Crippen molar-refractivity contribution in [2.45, 2.75) is 20.0 Å². The Kier molecular flexibility index (Phi) is 4.72. The monoisotopic (exact) mass is 223 g/mol. The summed E-state index contributed by atoms with van der Waals surface area (Å²) < 4.78 is 5.29. The first-order valence-corrected chi connectivity index (χ1v) is 5.21. The molecule has 1 aromatic rings. The number of amides is 1. The minimum atomic E-state index is -0.215. The number of pyridine rings is 1. The molecule has 1 heterocycles. The summed E-state index contributed by atoms with van der Waals surface area (Å²) in [5.41, 5.74) is 6.37. The molecular weight excluding hydrogens is 206 g/mol. The molecule has 88 valence electrons. The second-order valence-electron chi connectivity index (χ2n) is 3.65. The second kappa shape index (κ2) is 6.07. The van der Waals surface area contributed by atoms with E-state index < -0.39 is 0 Å². The van der Waals surface area contributed by atoms with E-state index in [-0.39, 0.29) is 12.0 Å². The van der Waals surface area contributed by atoms with Crippen molar-refractivity contribution < 1.29 is 9.53 Å². The zero-order chi connectivity index (χ0) is 12.0. The van der Waals surface area contributed by atoms with Crippen molar-refractivity contribution in [3.63, 3.8) is 0 Å². The smallest absolute Gasteiger partial charge is 0.269 e. The molecule has 0 radical (unpaired) electrons. The molecule has 0 aromatic carbocycles. The minimum absolute atomic E-state index is 0.173. The summed E-state index contributed by atoms with van der Waals surface area (Å²) in [6.45, 7) is 4.87. The number of nitrogen functional groups attached to an aromatic ring is 1. The van der Waals surface area contributed by atoms with Gasteiger partial charge in [-0.05, 0) is 26.0 Å². The highest BCUT2D eigenvalue weighted by molar-refractivity contribution is 5.92. The van der Waals surface area contributed by atoms with E-state index in [1.54, 1.807) is 12.1 Å². The van der Waals surface area contributed by atoms with E-state index in [1.165, 1.54) is 6.20 Å². The summed E-state index contributed by atoms with van der Waals surface area (Å²) in [5.74, 6) is -0.215. The van der Waals surface area contributed by atoms with Crippen molar-refractivity contribution in [1.29, 1.82) is 0 Å². The van der Waals surface area contributed by atoms with E-state index >= 15 is 0 Å². The summed E-state index contributed by atoms with van der Waals surface area (Å²) in [6.07, 6.45) is 1.63. The minimum Gasteiger partial charge on any atom is -0.397 e. The molecule has 0 aliphatic heterocycles. The Labute approximate surface area is 95.0 Å². The van der Waals surface area contributed by atoms with Crippen LogP contribution in [0, 0.1) is 0 Å². The first-order chi connectivity index (χ1) is 7.59. The van der Waals surface area contributed by atoms with Crippen LogP contribution in [0.15, 0.2) is 18.3 Å². The molecule has 1 aromatic heterocycles. The van der Waals surface area contributed by atoms with Gasteiger partial charge in [0.15, 0.2) is 0 Å².